The van der Waals surface area contributed by atoms with Crippen LogP contribution in [0.3, 0.4) is 0 Å². The summed E-state index contributed by atoms with van der Waals surface area (Å²) in [5.41, 5.74) is 2.47. The Balaban J connectivity index is 0.000000360. The first kappa shape index (κ1) is 23.7. The van der Waals surface area contributed by atoms with Crippen LogP contribution in [0.5, 0.6) is 0 Å². The second kappa shape index (κ2) is 10.6. The van der Waals surface area contributed by atoms with Gasteiger partial charge in [0.25, 0.3) is 0 Å². The van der Waals surface area contributed by atoms with Crippen molar-refractivity contribution in [3.8, 4) is 0 Å². The van der Waals surface area contributed by atoms with Gasteiger partial charge in [-0.05, 0) is 42.9 Å². The van der Waals surface area contributed by atoms with Crippen LogP contribution in [0.1, 0.15) is 43.0 Å². The summed E-state index contributed by atoms with van der Waals surface area (Å²) in [6.45, 7) is 3.46. The number of aliphatic carboxylic acids is 1. The van der Waals surface area contributed by atoms with E-state index in [4.69, 9.17) is 9.90 Å². The number of pyridine rings is 1. The van der Waals surface area contributed by atoms with Crippen LogP contribution in [0.4, 0.5) is 13.2 Å². The molecule has 0 spiro atoms. The van der Waals surface area contributed by atoms with Gasteiger partial charge in [-0.2, -0.15) is 18.3 Å². The van der Waals surface area contributed by atoms with Gasteiger partial charge in [0, 0.05) is 51.2 Å². The zero-order valence-electron chi connectivity index (χ0n) is 17.5. The van der Waals surface area contributed by atoms with Gasteiger partial charge in [0.2, 0.25) is 5.91 Å². The molecule has 174 valence electrons. The van der Waals surface area contributed by atoms with E-state index in [9.17, 15) is 18.0 Å². The molecule has 0 saturated heterocycles. The summed E-state index contributed by atoms with van der Waals surface area (Å²) in [7, 11) is 0. The zero-order valence-corrected chi connectivity index (χ0v) is 17.5. The van der Waals surface area contributed by atoms with Gasteiger partial charge >= 0.3 is 12.1 Å². The molecule has 2 N–H and O–H groups in total. The topological polar surface area (TPSA) is 100 Å². The fourth-order valence-electron chi connectivity index (χ4n) is 3.58. The highest BCUT2D eigenvalue weighted by atomic mass is 19.4. The highest BCUT2D eigenvalue weighted by Gasteiger charge is 2.38. The van der Waals surface area contributed by atoms with E-state index in [0.717, 1.165) is 32.6 Å². The Labute approximate surface area is 183 Å². The van der Waals surface area contributed by atoms with Crippen molar-refractivity contribution >= 4 is 11.9 Å². The molecule has 0 bridgehead atoms. The third kappa shape index (κ3) is 7.33. The molecule has 1 atom stereocenters. The SMILES string of the molecule is O=C(CC1CC1)NCCC1CN(Cc2cccnc2)Cc2ccnn21.O=C(O)C(F)(F)F. The minimum Gasteiger partial charge on any atom is -0.475 e. The smallest absolute Gasteiger partial charge is 0.475 e. The summed E-state index contributed by atoms with van der Waals surface area (Å²) in [4.78, 5) is 27.4. The summed E-state index contributed by atoms with van der Waals surface area (Å²) in [6.07, 6.45) is 4.58. The quantitative estimate of drug-likeness (QED) is 0.669. The lowest BCUT2D eigenvalue weighted by atomic mass is 10.1. The number of nitrogens with zero attached hydrogens (tertiary/aromatic N) is 4. The number of carbonyl (C=O) groups excluding carboxylic acids is 1. The molecule has 8 nitrogen and oxygen atoms in total. The molecule has 1 fully saturated rings. The molecule has 3 heterocycles. The molecule has 1 amide bonds. The van der Waals surface area contributed by atoms with E-state index < -0.39 is 12.1 Å². The van der Waals surface area contributed by atoms with Crippen molar-refractivity contribution < 1.29 is 27.9 Å². The number of fused-ring (bicyclic) bond motifs is 1. The van der Waals surface area contributed by atoms with Gasteiger partial charge in [0.15, 0.2) is 0 Å². The number of halogens is 3. The van der Waals surface area contributed by atoms with Gasteiger partial charge in [-0.1, -0.05) is 6.07 Å². The first-order valence-corrected chi connectivity index (χ1v) is 10.4. The zero-order chi connectivity index (χ0) is 23.1. The minimum absolute atomic E-state index is 0.200. The largest absolute Gasteiger partial charge is 0.490 e. The predicted molar refractivity (Wildman–Crippen MR) is 108 cm³/mol. The molecular weight excluding hydrogens is 427 g/mol. The number of amides is 1. The monoisotopic (exact) mass is 453 g/mol. The molecule has 0 radical (unpaired) electrons. The van der Waals surface area contributed by atoms with Crippen LogP contribution < -0.4 is 5.32 Å². The average Bonchev–Trinajstić information content (AvgIpc) is 3.41. The molecule has 1 saturated carbocycles. The normalized spacial score (nSPS) is 18.3. The Hall–Kier alpha value is -2.95. The second-order valence-corrected chi connectivity index (χ2v) is 8.04. The Morgan fingerprint density at radius 3 is 2.59 bits per heavy atom. The number of alkyl halides is 3. The van der Waals surface area contributed by atoms with Crippen molar-refractivity contribution in [3.63, 3.8) is 0 Å². The second-order valence-electron chi connectivity index (χ2n) is 8.04. The Bertz CT molecular complexity index is 900. The van der Waals surface area contributed by atoms with Crippen LogP contribution >= 0.6 is 0 Å². The van der Waals surface area contributed by atoms with E-state index in [1.807, 2.05) is 24.7 Å². The molecule has 0 aromatic carbocycles. The lowest BCUT2D eigenvalue weighted by Gasteiger charge is -2.34. The van der Waals surface area contributed by atoms with Crippen molar-refractivity contribution in [2.75, 3.05) is 13.1 Å². The number of carbonyl (C=O) groups is 2. The van der Waals surface area contributed by atoms with Crippen LogP contribution in [0.25, 0.3) is 0 Å². The summed E-state index contributed by atoms with van der Waals surface area (Å²) in [6, 6.07) is 6.49. The van der Waals surface area contributed by atoms with E-state index in [2.05, 4.69) is 37.1 Å². The number of carboxylic acid groups (broad SMARTS) is 1. The average molecular weight is 453 g/mol. The first-order valence-electron chi connectivity index (χ1n) is 10.4. The van der Waals surface area contributed by atoms with Crippen molar-refractivity contribution in [1.29, 1.82) is 0 Å². The number of aromatic nitrogens is 3. The minimum atomic E-state index is -5.08. The molecule has 32 heavy (non-hydrogen) atoms. The van der Waals surface area contributed by atoms with E-state index in [1.165, 1.54) is 24.1 Å². The molecule has 4 rings (SSSR count). The van der Waals surface area contributed by atoms with Crippen molar-refractivity contribution in [2.45, 2.75) is 51.0 Å². The summed E-state index contributed by atoms with van der Waals surface area (Å²) < 4.78 is 33.9. The number of hydrogen-bond acceptors (Lipinski definition) is 5. The van der Waals surface area contributed by atoms with Gasteiger partial charge in [-0.3, -0.25) is 19.4 Å². The predicted octanol–water partition coefficient (Wildman–Crippen LogP) is 2.77. The maximum absolute atomic E-state index is 11.9. The number of nitrogens with one attached hydrogen (secondary N) is 1. The molecule has 2 aromatic rings. The van der Waals surface area contributed by atoms with Crippen molar-refractivity contribution in [1.82, 2.24) is 25.0 Å². The molecule has 1 unspecified atom stereocenters. The number of hydrogen-bond donors (Lipinski definition) is 2. The van der Waals surface area contributed by atoms with Gasteiger partial charge < -0.3 is 10.4 Å². The molecular formula is C21H26F3N5O3. The van der Waals surface area contributed by atoms with Crippen LogP contribution in [-0.4, -0.2) is 55.9 Å². The molecule has 2 aliphatic rings. The maximum atomic E-state index is 11.9. The Kier molecular flexibility index (Phi) is 7.84. The third-order valence-electron chi connectivity index (χ3n) is 5.29. The number of carboxylic acids is 1. The van der Waals surface area contributed by atoms with Crippen LogP contribution in [0.2, 0.25) is 0 Å². The van der Waals surface area contributed by atoms with Crippen LogP contribution in [0, 0.1) is 5.92 Å². The fourth-order valence-corrected chi connectivity index (χ4v) is 3.58. The maximum Gasteiger partial charge on any atom is 0.490 e. The van der Waals surface area contributed by atoms with Gasteiger partial charge in [-0.15, -0.1) is 0 Å². The Morgan fingerprint density at radius 2 is 1.97 bits per heavy atom. The lowest BCUT2D eigenvalue weighted by molar-refractivity contribution is -0.192. The summed E-state index contributed by atoms with van der Waals surface area (Å²) in [5.74, 6) is -1.92. The molecule has 2 aromatic heterocycles. The van der Waals surface area contributed by atoms with E-state index in [1.54, 1.807) is 0 Å². The summed E-state index contributed by atoms with van der Waals surface area (Å²) in [5, 5.41) is 14.7. The van der Waals surface area contributed by atoms with Gasteiger partial charge in [0.05, 0.1) is 11.7 Å². The molecule has 1 aliphatic heterocycles. The van der Waals surface area contributed by atoms with Crippen LogP contribution in [0.15, 0.2) is 36.8 Å². The van der Waals surface area contributed by atoms with Crippen LogP contribution in [-0.2, 0) is 22.7 Å². The molecule has 1 aliphatic carbocycles. The van der Waals surface area contributed by atoms with E-state index in [-0.39, 0.29) is 5.91 Å². The van der Waals surface area contributed by atoms with E-state index >= 15 is 0 Å². The van der Waals surface area contributed by atoms with Crippen molar-refractivity contribution in [3.05, 3.63) is 48.0 Å². The Morgan fingerprint density at radius 1 is 1.22 bits per heavy atom. The highest BCUT2D eigenvalue weighted by molar-refractivity contribution is 5.76. The highest BCUT2D eigenvalue weighted by Crippen LogP contribution is 2.32. The van der Waals surface area contributed by atoms with Gasteiger partial charge in [0.1, 0.15) is 0 Å². The first-order chi connectivity index (χ1) is 15.2. The lowest BCUT2D eigenvalue weighted by Crippen LogP contribution is -2.39. The fraction of sp³-hybridized carbons (Fsp3) is 0.524. The van der Waals surface area contributed by atoms with Crippen molar-refractivity contribution in [2.24, 2.45) is 5.92 Å². The standard InChI is InChI=1S/C19H25N5O.C2HF3O2/c25-19(10-15-3-4-15)21-8-5-17-13-23(12-16-2-1-7-20-11-16)14-18-6-9-22-24(17)18;3-2(4,5)1(6)7/h1-2,6-7,9,11,15,17H,3-5,8,10,12-14H2,(H,21,25);(H,6,7). The summed E-state index contributed by atoms with van der Waals surface area (Å²) >= 11 is 0. The third-order valence-corrected chi connectivity index (χ3v) is 5.29. The molecule has 11 heteroatoms. The van der Waals surface area contributed by atoms with E-state index in [0.29, 0.717) is 18.4 Å². The number of rotatable bonds is 7. The van der Waals surface area contributed by atoms with Gasteiger partial charge in [-0.25, -0.2) is 4.79 Å².